The maximum atomic E-state index is 13.1. The van der Waals surface area contributed by atoms with Crippen LogP contribution in [-0.4, -0.2) is 37.1 Å². The van der Waals surface area contributed by atoms with E-state index in [0.29, 0.717) is 6.04 Å². The minimum atomic E-state index is -0.125. The summed E-state index contributed by atoms with van der Waals surface area (Å²) in [6.45, 7) is 6.71. The first kappa shape index (κ1) is 14.5. The van der Waals surface area contributed by atoms with E-state index in [1.807, 2.05) is 6.07 Å². The van der Waals surface area contributed by atoms with E-state index in [2.05, 4.69) is 17.1 Å². The van der Waals surface area contributed by atoms with E-state index in [1.165, 1.54) is 25.3 Å². The van der Waals surface area contributed by atoms with Gasteiger partial charge in [0.2, 0.25) is 0 Å². The SMILES string of the molecule is CCC1CCN(CCc2cccc(F)c2)CCCN1. The number of hydrogen-bond donors (Lipinski definition) is 1. The molecule has 0 aromatic heterocycles. The Morgan fingerprint density at radius 3 is 3.05 bits per heavy atom. The maximum absolute atomic E-state index is 13.1. The van der Waals surface area contributed by atoms with Crippen LogP contribution in [-0.2, 0) is 6.42 Å². The van der Waals surface area contributed by atoms with Crippen molar-refractivity contribution in [3.8, 4) is 0 Å². The highest BCUT2D eigenvalue weighted by molar-refractivity contribution is 5.16. The molecule has 1 heterocycles. The van der Waals surface area contributed by atoms with Gasteiger partial charge in [-0.2, -0.15) is 0 Å². The molecule has 1 aliphatic heterocycles. The van der Waals surface area contributed by atoms with Crippen molar-refractivity contribution in [2.75, 3.05) is 26.2 Å². The molecule has 0 spiro atoms. The Hall–Kier alpha value is -0.930. The fourth-order valence-electron chi connectivity index (χ4n) is 2.71. The molecule has 0 saturated carbocycles. The van der Waals surface area contributed by atoms with Gasteiger partial charge in [-0.3, -0.25) is 0 Å². The van der Waals surface area contributed by atoms with Crippen LogP contribution in [0.5, 0.6) is 0 Å². The molecule has 2 rings (SSSR count). The van der Waals surface area contributed by atoms with Gasteiger partial charge >= 0.3 is 0 Å². The van der Waals surface area contributed by atoms with Crippen LogP contribution >= 0.6 is 0 Å². The van der Waals surface area contributed by atoms with Gasteiger partial charge in [-0.05, 0) is 63.0 Å². The lowest BCUT2D eigenvalue weighted by Crippen LogP contribution is -2.40. The highest BCUT2D eigenvalue weighted by atomic mass is 19.1. The second-order valence-corrected chi connectivity index (χ2v) is 5.42. The summed E-state index contributed by atoms with van der Waals surface area (Å²) < 4.78 is 13.1. The predicted octanol–water partition coefficient (Wildman–Crippen LogP) is 2.83. The summed E-state index contributed by atoms with van der Waals surface area (Å²) in [5, 5.41) is 3.60. The van der Waals surface area contributed by atoms with Crippen LogP contribution in [0.15, 0.2) is 24.3 Å². The summed E-state index contributed by atoms with van der Waals surface area (Å²) in [4.78, 5) is 2.52. The number of hydrogen-bond acceptors (Lipinski definition) is 2. The lowest BCUT2D eigenvalue weighted by molar-refractivity contribution is 0.234. The van der Waals surface area contributed by atoms with Gasteiger partial charge in [-0.25, -0.2) is 4.39 Å². The smallest absolute Gasteiger partial charge is 0.123 e. The van der Waals surface area contributed by atoms with Gasteiger partial charge < -0.3 is 10.2 Å². The number of halogens is 1. The first-order valence-corrected chi connectivity index (χ1v) is 7.48. The molecule has 3 heteroatoms. The summed E-state index contributed by atoms with van der Waals surface area (Å²) in [7, 11) is 0. The molecular formula is C16H25FN2. The van der Waals surface area contributed by atoms with Gasteiger partial charge in [-0.15, -0.1) is 0 Å². The zero-order valence-corrected chi connectivity index (χ0v) is 11.9. The summed E-state index contributed by atoms with van der Waals surface area (Å²) in [6, 6.07) is 7.65. The Labute approximate surface area is 116 Å². The first-order valence-electron chi connectivity index (χ1n) is 7.48. The van der Waals surface area contributed by atoms with Crippen molar-refractivity contribution in [3.63, 3.8) is 0 Å². The fourth-order valence-corrected chi connectivity index (χ4v) is 2.71. The molecule has 1 N–H and O–H groups in total. The quantitative estimate of drug-likeness (QED) is 0.899. The largest absolute Gasteiger partial charge is 0.314 e. The van der Waals surface area contributed by atoms with Crippen LogP contribution in [0.25, 0.3) is 0 Å². The molecule has 1 aromatic rings. The van der Waals surface area contributed by atoms with E-state index < -0.39 is 0 Å². The maximum Gasteiger partial charge on any atom is 0.123 e. The lowest BCUT2D eigenvalue weighted by atomic mass is 10.1. The molecule has 19 heavy (non-hydrogen) atoms. The van der Waals surface area contributed by atoms with E-state index in [4.69, 9.17) is 0 Å². The number of nitrogens with zero attached hydrogens (tertiary/aromatic N) is 1. The Morgan fingerprint density at radius 2 is 2.26 bits per heavy atom. The van der Waals surface area contributed by atoms with Crippen molar-refractivity contribution in [1.29, 1.82) is 0 Å². The van der Waals surface area contributed by atoms with Gasteiger partial charge in [-0.1, -0.05) is 19.1 Å². The molecule has 106 valence electrons. The summed E-state index contributed by atoms with van der Waals surface area (Å²) in [5.41, 5.74) is 1.10. The van der Waals surface area contributed by atoms with E-state index in [-0.39, 0.29) is 5.82 Å². The minimum Gasteiger partial charge on any atom is -0.314 e. The Kier molecular flexibility index (Phi) is 5.80. The van der Waals surface area contributed by atoms with Gasteiger partial charge in [0, 0.05) is 12.6 Å². The Balaban J connectivity index is 1.81. The molecular weight excluding hydrogens is 239 g/mol. The average molecular weight is 264 g/mol. The highest BCUT2D eigenvalue weighted by Gasteiger charge is 2.13. The minimum absolute atomic E-state index is 0.125. The summed E-state index contributed by atoms with van der Waals surface area (Å²) in [5.74, 6) is -0.125. The third-order valence-corrected chi connectivity index (χ3v) is 3.98. The van der Waals surface area contributed by atoms with Crippen molar-refractivity contribution in [3.05, 3.63) is 35.6 Å². The van der Waals surface area contributed by atoms with Crippen molar-refractivity contribution in [2.45, 2.75) is 38.6 Å². The molecule has 2 nitrogen and oxygen atoms in total. The summed E-state index contributed by atoms with van der Waals surface area (Å²) in [6.07, 6.45) is 4.58. The van der Waals surface area contributed by atoms with E-state index in [9.17, 15) is 4.39 Å². The topological polar surface area (TPSA) is 15.3 Å². The zero-order valence-electron chi connectivity index (χ0n) is 11.9. The second-order valence-electron chi connectivity index (χ2n) is 5.42. The van der Waals surface area contributed by atoms with E-state index in [1.54, 1.807) is 12.1 Å². The molecule has 0 bridgehead atoms. The third-order valence-electron chi connectivity index (χ3n) is 3.98. The molecule has 1 saturated heterocycles. The molecule has 1 unspecified atom stereocenters. The van der Waals surface area contributed by atoms with Crippen molar-refractivity contribution in [1.82, 2.24) is 10.2 Å². The number of rotatable bonds is 4. The number of benzene rings is 1. The van der Waals surface area contributed by atoms with Crippen LogP contribution in [0, 0.1) is 5.82 Å². The van der Waals surface area contributed by atoms with E-state index in [0.717, 1.165) is 38.2 Å². The zero-order chi connectivity index (χ0) is 13.5. The first-order chi connectivity index (χ1) is 9.28. The monoisotopic (exact) mass is 264 g/mol. The normalized spacial score (nSPS) is 21.9. The molecule has 1 fully saturated rings. The van der Waals surface area contributed by atoms with Gasteiger partial charge in [0.15, 0.2) is 0 Å². The van der Waals surface area contributed by atoms with Crippen LogP contribution in [0.2, 0.25) is 0 Å². The molecule has 1 aliphatic rings. The van der Waals surface area contributed by atoms with Gasteiger partial charge in [0.05, 0.1) is 0 Å². The van der Waals surface area contributed by atoms with Gasteiger partial charge in [0.25, 0.3) is 0 Å². The van der Waals surface area contributed by atoms with Crippen LogP contribution in [0.1, 0.15) is 31.7 Å². The number of nitrogens with one attached hydrogen (secondary N) is 1. The second kappa shape index (κ2) is 7.61. The van der Waals surface area contributed by atoms with Crippen molar-refractivity contribution < 1.29 is 4.39 Å². The van der Waals surface area contributed by atoms with E-state index >= 15 is 0 Å². The fraction of sp³-hybridized carbons (Fsp3) is 0.625. The Morgan fingerprint density at radius 1 is 1.37 bits per heavy atom. The standard InChI is InChI=1S/C16H25FN2/c1-2-16-8-12-19(10-4-9-18-16)11-7-14-5-3-6-15(17)13-14/h3,5-6,13,16,18H,2,4,7-12H2,1H3. The third kappa shape index (κ3) is 4.92. The average Bonchev–Trinajstić information content (AvgIpc) is 2.38. The van der Waals surface area contributed by atoms with Gasteiger partial charge in [0.1, 0.15) is 5.82 Å². The van der Waals surface area contributed by atoms with Crippen LogP contribution < -0.4 is 5.32 Å². The molecule has 0 radical (unpaired) electrons. The molecule has 1 aromatic carbocycles. The van der Waals surface area contributed by atoms with Crippen molar-refractivity contribution >= 4 is 0 Å². The predicted molar refractivity (Wildman–Crippen MR) is 77.9 cm³/mol. The van der Waals surface area contributed by atoms with Crippen molar-refractivity contribution in [2.24, 2.45) is 0 Å². The Bertz CT molecular complexity index is 381. The highest BCUT2D eigenvalue weighted by Crippen LogP contribution is 2.08. The molecule has 0 amide bonds. The summed E-state index contributed by atoms with van der Waals surface area (Å²) >= 11 is 0. The lowest BCUT2D eigenvalue weighted by Gasteiger charge is -2.28. The van der Waals surface area contributed by atoms with Crippen LogP contribution in [0.3, 0.4) is 0 Å². The molecule has 1 atom stereocenters. The molecule has 0 aliphatic carbocycles. The van der Waals surface area contributed by atoms with Crippen LogP contribution in [0.4, 0.5) is 4.39 Å².